The Morgan fingerprint density at radius 2 is 1.65 bits per heavy atom. The minimum absolute atomic E-state index is 0.0575. The minimum Gasteiger partial charge on any atom is -0.504 e. The number of aromatic hydroxyl groups is 1. The minimum atomic E-state index is -0.541. The molecule has 0 unspecified atom stereocenters. The Kier molecular flexibility index (Phi) is 6.12. The summed E-state index contributed by atoms with van der Waals surface area (Å²) in [6, 6.07) is 12.2. The number of hydrogen-bond donors (Lipinski definition) is 2. The van der Waals surface area contributed by atoms with Crippen LogP contribution in [0, 0.1) is 0 Å². The van der Waals surface area contributed by atoms with Gasteiger partial charge in [-0.25, -0.2) is 0 Å². The summed E-state index contributed by atoms with van der Waals surface area (Å²) in [6.07, 6.45) is -0.541. The summed E-state index contributed by atoms with van der Waals surface area (Å²) in [7, 11) is 3.05. The molecule has 2 rings (SSSR count). The lowest BCUT2D eigenvalue weighted by Gasteiger charge is -2.24. The first-order valence-corrected chi connectivity index (χ1v) is 7.93. The molecule has 0 fully saturated rings. The second-order valence-electron chi connectivity index (χ2n) is 4.82. The van der Waals surface area contributed by atoms with Crippen LogP contribution in [-0.2, 0) is 0 Å². The van der Waals surface area contributed by atoms with Gasteiger partial charge in [-0.2, -0.15) is 0 Å². The molecule has 0 amide bonds. The van der Waals surface area contributed by atoms with Crippen LogP contribution in [0.5, 0.6) is 23.0 Å². The van der Waals surface area contributed by atoms with Gasteiger partial charge in [-0.1, -0.05) is 34.1 Å². The Labute approximate surface area is 143 Å². The van der Waals surface area contributed by atoms with Crippen LogP contribution in [0.25, 0.3) is 0 Å². The highest BCUT2D eigenvalue weighted by molar-refractivity contribution is 9.09. The van der Waals surface area contributed by atoms with E-state index in [-0.39, 0.29) is 17.2 Å². The monoisotopic (exact) mass is 382 g/mol. The van der Waals surface area contributed by atoms with Crippen LogP contribution in [0.3, 0.4) is 0 Å². The predicted octanol–water partition coefficient (Wildman–Crippen LogP) is 3.29. The Balaban J connectivity index is 2.23. The van der Waals surface area contributed by atoms with Crippen molar-refractivity contribution in [3.8, 4) is 23.0 Å². The van der Waals surface area contributed by atoms with Crippen molar-refractivity contribution in [1.29, 1.82) is 0 Å². The summed E-state index contributed by atoms with van der Waals surface area (Å²) in [6.45, 7) is -0.197. The van der Waals surface area contributed by atoms with Crippen molar-refractivity contribution in [1.82, 2.24) is 0 Å². The Bertz CT molecular complexity index is 647. The highest BCUT2D eigenvalue weighted by Gasteiger charge is 2.24. The third-order valence-corrected chi connectivity index (χ3v) is 4.49. The molecule has 6 heteroatoms. The molecule has 0 aliphatic rings. The summed E-state index contributed by atoms with van der Waals surface area (Å²) in [4.78, 5) is -0.299. The van der Waals surface area contributed by atoms with Crippen LogP contribution in [0.2, 0.25) is 0 Å². The molecule has 2 atom stereocenters. The second-order valence-corrected chi connectivity index (χ2v) is 5.81. The van der Waals surface area contributed by atoms with E-state index < -0.39 is 6.10 Å². The summed E-state index contributed by atoms with van der Waals surface area (Å²) < 4.78 is 16.2. The van der Waals surface area contributed by atoms with E-state index in [0.29, 0.717) is 17.2 Å². The van der Waals surface area contributed by atoms with Crippen molar-refractivity contribution in [2.45, 2.75) is 10.9 Å². The lowest BCUT2D eigenvalue weighted by Crippen LogP contribution is -2.26. The van der Waals surface area contributed by atoms with Crippen LogP contribution >= 0.6 is 15.9 Å². The van der Waals surface area contributed by atoms with Gasteiger partial charge in [0.05, 0.1) is 25.7 Å². The molecule has 0 aliphatic heterocycles. The zero-order valence-corrected chi connectivity index (χ0v) is 14.5. The fourth-order valence-corrected chi connectivity index (χ4v) is 2.71. The number of benzene rings is 2. The first-order valence-electron chi connectivity index (χ1n) is 7.02. The number of hydrogen-bond acceptors (Lipinski definition) is 5. The van der Waals surface area contributed by atoms with Crippen LogP contribution in [-0.4, -0.2) is 37.1 Å². The average molecular weight is 383 g/mol. The van der Waals surface area contributed by atoms with Gasteiger partial charge >= 0.3 is 0 Å². The number of halogens is 1. The maximum Gasteiger partial charge on any atom is 0.161 e. The van der Waals surface area contributed by atoms with Crippen LogP contribution in [0.1, 0.15) is 10.4 Å². The number of phenols is 1. The maximum absolute atomic E-state index is 9.69. The van der Waals surface area contributed by atoms with Gasteiger partial charge in [0.2, 0.25) is 0 Å². The van der Waals surface area contributed by atoms with Crippen molar-refractivity contribution < 1.29 is 24.4 Å². The third kappa shape index (κ3) is 4.09. The molecule has 0 heterocycles. The molecule has 5 nitrogen and oxygen atoms in total. The number of ether oxygens (including phenoxy) is 3. The number of para-hydroxylation sites is 2. The van der Waals surface area contributed by atoms with Gasteiger partial charge < -0.3 is 24.4 Å². The number of methoxy groups -OCH3 is 2. The van der Waals surface area contributed by atoms with E-state index in [9.17, 15) is 10.2 Å². The molecule has 124 valence electrons. The number of rotatable bonds is 7. The SMILES string of the molecule is COc1cc([C@H](Br)[C@@H](CO)Oc2ccccc2OC)ccc1O. The van der Waals surface area contributed by atoms with Gasteiger partial charge in [-0.05, 0) is 29.8 Å². The molecule has 0 radical (unpaired) electrons. The molecule has 0 aromatic heterocycles. The normalized spacial score (nSPS) is 13.2. The quantitative estimate of drug-likeness (QED) is 0.719. The second kappa shape index (κ2) is 8.08. The largest absolute Gasteiger partial charge is 0.504 e. The molecule has 0 saturated heterocycles. The topological polar surface area (TPSA) is 68.2 Å². The lowest BCUT2D eigenvalue weighted by atomic mass is 10.1. The summed E-state index contributed by atoms with van der Waals surface area (Å²) in [5.74, 6) is 1.56. The van der Waals surface area contributed by atoms with Gasteiger partial charge in [-0.15, -0.1) is 0 Å². The van der Waals surface area contributed by atoms with E-state index in [1.165, 1.54) is 7.11 Å². The first kappa shape index (κ1) is 17.4. The number of aliphatic hydroxyl groups excluding tert-OH is 1. The zero-order chi connectivity index (χ0) is 16.8. The zero-order valence-electron chi connectivity index (χ0n) is 12.9. The van der Waals surface area contributed by atoms with Crippen molar-refractivity contribution >= 4 is 15.9 Å². The number of phenolic OH excluding ortho intramolecular Hbond substituents is 1. The van der Waals surface area contributed by atoms with Gasteiger partial charge in [0.25, 0.3) is 0 Å². The smallest absolute Gasteiger partial charge is 0.161 e. The van der Waals surface area contributed by atoms with E-state index >= 15 is 0 Å². The van der Waals surface area contributed by atoms with Gasteiger partial charge in [0.15, 0.2) is 23.0 Å². The van der Waals surface area contributed by atoms with Crippen LogP contribution in [0.15, 0.2) is 42.5 Å². The standard InChI is InChI=1S/C17H19BrO5/c1-21-13-5-3-4-6-14(13)23-16(10-19)17(18)11-7-8-12(20)15(9-11)22-2/h3-9,16-17,19-20H,10H2,1-2H3/t16-,17+/m1/s1. The molecule has 0 spiro atoms. The molecule has 2 aromatic carbocycles. The third-order valence-electron chi connectivity index (χ3n) is 3.38. The van der Waals surface area contributed by atoms with Crippen molar-refractivity contribution in [3.05, 3.63) is 48.0 Å². The molecular formula is C17H19BrO5. The van der Waals surface area contributed by atoms with Gasteiger partial charge in [-0.3, -0.25) is 0 Å². The van der Waals surface area contributed by atoms with Crippen LogP contribution in [0.4, 0.5) is 0 Å². The number of alkyl halides is 1. The molecule has 0 bridgehead atoms. The van der Waals surface area contributed by atoms with E-state index in [4.69, 9.17) is 14.2 Å². The Morgan fingerprint density at radius 3 is 2.26 bits per heavy atom. The lowest BCUT2D eigenvalue weighted by molar-refractivity contribution is 0.111. The fourth-order valence-electron chi connectivity index (χ4n) is 2.15. The summed E-state index contributed by atoms with van der Waals surface area (Å²) >= 11 is 3.54. The molecular weight excluding hydrogens is 364 g/mol. The average Bonchev–Trinajstić information content (AvgIpc) is 2.59. The molecule has 0 saturated carbocycles. The van der Waals surface area contributed by atoms with Gasteiger partial charge in [0.1, 0.15) is 6.10 Å². The van der Waals surface area contributed by atoms with Crippen molar-refractivity contribution in [2.24, 2.45) is 0 Å². The van der Waals surface area contributed by atoms with Crippen molar-refractivity contribution in [3.63, 3.8) is 0 Å². The first-order chi connectivity index (χ1) is 11.1. The van der Waals surface area contributed by atoms with Crippen LogP contribution < -0.4 is 14.2 Å². The predicted molar refractivity (Wildman–Crippen MR) is 90.8 cm³/mol. The van der Waals surface area contributed by atoms with Gasteiger partial charge in [0, 0.05) is 0 Å². The maximum atomic E-state index is 9.69. The molecule has 0 aliphatic carbocycles. The summed E-state index contributed by atoms with van der Waals surface area (Å²) in [5, 5.41) is 19.4. The molecule has 23 heavy (non-hydrogen) atoms. The summed E-state index contributed by atoms with van der Waals surface area (Å²) in [5.41, 5.74) is 0.814. The highest BCUT2D eigenvalue weighted by Crippen LogP contribution is 2.36. The van der Waals surface area contributed by atoms with E-state index in [1.54, 1.807) is 37.4 Å². The Hall–Kier alpha value is -1.92. The van der Waals surface area contributed by atoms with E-state index in [1.807, 2.05) is 12.1 Å². The van der Waals surface area contributed by atoms with Crippen molar-refractivity contribution in [2.75, 3.05) is 20.8 Å². The van der Waals surface area contributed by atoms with E-state index in [2.05, 4.69) is 15.9 Å². The number of aliphatic hydroxyl groups is 1. The fraction of sp³-hybridized carbons (Fsp3) is 0.294. The Morgan fingerprint density at radius 1 is 1.00 bits per heavy atom. The molecule has 2 aromatic rings. The molecule has 2 N–H and O–H groups in total. The van der Waals surface area contributed by atoms with E-state index in [0.717, 1.165) is 5.56 Å². The highest BCUT2D eigenvalue weighted by atomic mass is 79.9.